The number of aliphatic carboxylic acids is 1. The maximum absolute atomic E-state index is 12.7. The minimum absolute atomic E-state index is 0.0283. The lowest BCUT2D eigenvalue weighted by atomic mass is 9.81. The highest BCUT2D eigenvalue weighted by Gasteiger charge is 2.56. The number of fused-ring (bicyclic) bond motifs is 2. The van der Waals surface area contributed by atoms with Gasteiger partial charge in [-0.2, -0.15) is 0 Å². The molecule has 1 aliphatic carbocycles. The largest absolute Gasteiger partial charge is 0.481 e. The summed E-state index contributed by atoms with van der Waals surface area (Å²) in [6, 6.07) is 5.61. The second-order valence-corrected chi connectivity index (χ2v) is 6.83. The van der Waals surface area contributed by atoms with Crippen LogP contribution in [0.5, 0.6) is 0 Å². The molecular formula is C17H16N2O6. The summed E-state index contributed by atoms with van der Waals surface area (Å²) in [5.74, 6) is -1.16. The summed E-state index contributed by atoms with van der Waals surface area (Å²) in [6.07, 6.45) is 2.26. The standard InChI is InChI=1S/C17H16N2O6/c20-15(18-8-11-2-1-5-17(11,9-18)16(21)22)14-7-10-6-12(19(23)24)3-4-13(10)25-14/h3-4,6-7,11H,1-2,5,8-9H2,(H,21,22)/t11-,17+/m0/s1. The Labute approximate surface area is 142 Å². The van der Waals surface area contributed by atoms with Gasteiger partial charge in [-0.25, -0.2) is 0 Å². The van der Waals surface area contributed by atoms with E-state index in [1.807, 2.05) is 0 Å². The van der Waals surface area contributed by atoms with E-state index in [0.717, 1.165) is 12.8 Å². The fourth-order valence-electron chi connectivity index (χ4n) is 4.20. The van der Waals surface area contributed by atoms with Crippen LogP contribution < -0.4 is 0 Å². The van der Waals surface area contributed by atoms with Crippen molar-refractivity contribution in [3.05, 3.63) is 40.1 Å². The van der Waals surface area contributed by atoms with Crippen molar-refractivity contribution < 1.29 is 24.0 Å². The van der Waals surface area contributed by atoms with E-state index < -0.39 is 16.3 Å². The quantitative estimate of drug-likeness (QED) is 0.676. The highest BCUT2D eigenvalue weighted by Crippen LogP contribution is 2.49. The van der Waals surface area contributed by atoms with Gasteiger partial charge in [0.05, 0.1) is 10.3 Å². The number of furan rings is 1. The Balaban J connectivity index is 1.62. The Morgan fingerprint density at radius 2 is 2.16 bits per heavy atom. The first-order chi connectivity index (χ1) is 11.9. The summed E-state index contributed by atoms with van der Waals surface area (Å²) in [6.45, 7) is 0.589. The predicted octanol–water partition coefficient (Wildman–Crippen LogP) is 2.67. The lowest BCUT2D eigenvalue weighted by molar-refractivity contribution is -0.384. The summed E-state index contributed by atoms with van der Waals surface area (Å²) in [7, 11) is 0. The molecule has 0 bridgehead atoms. The third-order valence-electron chi connectivity index (χ3n) is 5.51. The summed E-state index contributed by atoms with van der Waals surface area (Å²) in [4.78, 5) is 36.3. The van der Waals surface area contributed by atoms with Gasteiger partial charge in [0.1, 0.15) is 5.58 Å². The van der Waals surface area contributed by atoms with Gasteiger partial charge < -0.3 is 14.4 Å². The van der Waals surface area contributed by atoms with Crippen molar-refractivity contribution in [2.75, 3.05) is 13.1 Å². The number of nitrogens with zero attached hydrogens (tertiary/aromatic N) is 2. The van der Waals surface area contributed by atoms with E-state index in [9.17, 15) is 24.8 Å². The normalized spacial score (nSPS) is 25.3. The zero-order valence-corrected chi connectivity index (χ0v) is 13.3. The number of nitro groups is 1. The zero-order valence-electron chi connectivity index (χ0n) is 13.3. The van der Waals surface area contributed by atoms with E-state index in [-0.39, 0.29) is 29.8 Å². The zero-order chi connectivity index (χ0) is 17.8. The number of benzene rings is 1. The van der Waals surface area contributed by atoms with Gasteiger partial charge in [-0.3, -0.25) is 19.7 Å². The van der Waals surface area contributed by atoms with Crippen LogP contribution in [0.15, 0.2) is 28.7 Å². The van der Waals surface area contributed by atoms with Crippen molar-refractivity contribution in [1.82, 2.24) is 4.90 Å². The van der Waals surface area contributed by atoms with E-state index in [0.29, 0.717) is 23.9 Å². The average Bonchev–Trinajstić information content (AvgIpc) is 3.24. The molecule has 0 unspecified atom stereocenters. The number of amides is 1. The highest BCUT2D eigenvalue weighted by molar-refractivity contribution is 5.97. The number of non-ortho nitro benzene ring substituents is 1. The molecule has 2 heterocycles. The Morgan fingerprint density at radius 1 is 1.36 bits per heavy atom. The number of likely N-dealkylation sites (tertiary alicyclic amines) is 1. The van der Waals surface area contributed by atoms with Crippen LogP contribution in [0.4, 0.5) is 5.69 Å². The molecule has 1 saturated heterocycles. The molecule has 8 heteroatoms. The van der Waals surface area contributed by atoms with Crippen molar-refractivity contribution in [2.45, 2.75) is 19.3 Å². The first-order valence-corrected chi connectivity index (χ1v) is 8.11. The summed E-state index contributed by atoms with van der Waals surface area (Å²) >= 11 is 0. The van der Waals surface area contributed by atoms with Crippen LogP contribution in [0.2, 0.25) is 0 Å². The van der Waals surface area contributed by atoms with E-state index in [1.54, 1.807) is 0 Å². The van der Waals surface area contributed by atoms with Gasteiger partial charge in [0.2, 0.25) is 0 Å². The van der Waals surface area contributed by atoms with Crippen molar-refractivity contribution >= 4 is 28.5 Å². The monoisotopic (exact) mass is 344 g/mol. The number of carboxylic acids is 1. The van der Waals surface area contributed by atoms with Gasteiger partial charge in [0.25, 0.3) is 11.6 Å². The number of carbonyl (C=O) groups excluding carboxylic acids is 1. The van der Waals surface area contributed by atoms with Gasteiger partial charge in [0, 0.05) is 30.6 Å². The van der Waals surface area contributed by atoms with E-state index >= 15 is 0 Å². The Morgan fingerprint density at radius 3 is 2.84 bits per heavy atom. The molecule has 2 aliphatic rings. The van der Waals surface area contributed by atoms with E-state index in [4.69, 9.17) is 4.42 Å². The number of rotatable bonds is 3. The molecule has 130 valence electrons. The molecular weight excluding hydrogens is 328 g/mol. The maximum Gasteiger partial charge on any atom is 0.311 e. The molecule has 2 fully saturated rings. The summed E-state index contributed by atoms with van der Waals surface area (Å²) in [5.41, 5.74) is -0.533. The maximum atomic E-state index is 12.7. The number of hydrogen-bond acceptors (Lipinski definition) is 5. The van der Waals surface area contributed by atoms with Crippen LogP contribution >= 0.6 is 0 Å². The molecule has 25 heavy (non-hydrogen) atoms. The number of hydrogen-bond donors (Lipinski definition) is 1. The van der Waals surface area contributed by atoms with Crippen molar-refractivity contribution in [1.29, 1.82) is 0 Å². The minimum Gasteiger partial charge on any atom is -0.481 e. The summed E-state index contributed by atoms with van der Waals surface area (Å²) < 4.78 is 5.53. The van der Waals surface area contributed by atoms with Gasteiger partial charge in [0.15, 0.2) is 5.76 Å². The van der Waals surface area contributed by atoms with Crippen LogP contribution in [0.1, 0.15) is 29.8 Å². The smallest absolute Gasteiger partial charge is 0.311 e. The topological polar surface area (TPSA) is 114 Å². The molecule has 0 spiro atoms. The lowest BCUT2D eigenvalue weighted by Crippen LogP contribution is -2.37. The first kappa shape index (κ1) is 15.6. The second-order valence-electron chi connectivity index (χ2n) is 6.83. The van der Waals surface area contributed by atoms with Gasteiger partial charge >= 0.3 is 5.97 Å². The van der Waals surface area contributed by atoms with Gasteiger partial charge in [-0.1, -0.05) is 6.42 Å². The average molecular weight is 344 g/mol. The van der Waals surface area contributed by atoms with Crippen LogP contribution in [-0.2, 0) is 4.79 Å². The van der Waals surface area contributed by atoms with Crippen LogP contribution in [0, 0.1) is 21.4 Å². The number of nitro benzene ring substituents is 1. The van der Waals surface area contributed by atoms with Crippen LogP contribution in [0.25, 0.3) is 11.0 Å². The molecule has 1 aliphatic heterocycles. The van der Waals surface area contributed by atoms with Crippen molar-refractivity contribution in [3.8, 4) is 0 Å². The highest BCUT2D eigenvalue weighted by atomic mass is 16.6. The molecule has 1 saturated carbocycles. The number of carboxylic acid groups (broad SMARTS) is 1. The molecule has 2 atom stereocenters. The Kier molecular flexibility index (Phi) is 3.31. The molecule has 1 N–H and O–H groups in total. The Bertz CT molecular complexity index is 904. The lowest BCUT2D eigenvalue weighted by Gasteiger charge is -2.22. The third-order valence-corrected chi connectivity index (χ3v) is 5.51. The molecule has 1 aromatic carbocycles. The fraction of sp³-hybridized carbons (Fsp3) is 0.412. The van der Waals surface area contributed by atoms with Crippen molar-refractivity contribution in [2.24, 2.45) is 11.3 Å². The molecule has 8 nitrogen and oxygen atoms in total. The minimum atomic E-state index is -0.847. The van der Waals surface area contributed by atoms with Crippen molar-refractivity contribution in [3.63, 3.8) is 0 Å². The number of carbonyl (C=O) groups is 2. The Hall–Kier alpha value is -2.90. The molecule has 0 radical (unpaired) electrons. The van der Waals surface area contributed by atoms with E-state index in [2.05, 4.69) is 0 Å². The molecule has 2 aromatic rings. The van der Waals surface area contributed by atoms with Gasteiger partial charge in [-0.15, -0.1) is 0 Å². The second kappa shape index (κ2) is 5.30. The van der Waals surface area contributed by atoms with Gasteiger partial charge in [-0.05, 0) is 30.9 Å². The van der Waals surface area contributed by atoms with E-state index in [1.165, 1.54) is 29.2 Å². The molecule has 1 aromatic heterocycles. The molecule has 1 amide bonds. The van der Waals surface area contributed by atoms with Crippen LogP contribution in [0.3, 0.4) is 0 Å². The fourth-order valence-corrected chi connectivity index (χ4v) is 4.20. The van der Waals surface area contributed by atoms with Crippen LogP contribution in [-0.4, -0.2) is 39.9 Å². The summed E-state index contributed by atoms with van der Waals surface area (Å²) in [5, 5.41) is 20.9. The SMILES string of the molecule is O=C(c1cc2cc([N+](=O)[O-])ccc2o1)N1C[C@@H]2CCC[C@@]2(C(=O)O)C1. The first-order valence-electron chi connectivity index (χ1n) is 8.11. The third kappa shape index (κ3) is 2.28. The molecule has 4 rings (SSSR count). The predicted molar refractivity (Wildman–Crippen MR) is 86.2 cm³/mol.